The normalized spacial score (nSPS) is 19.3. The summed E-state index contributed by atoms with van der Waals surface area (Å²) in [5.41, 5.74) is 0.667. The van der Waals surface area contributed by atoms with Crippen molar-refractivity contribution < 1.29 is 14.3 Å². The molecule has 0 aromatic heterocycles. The van der Waals surface area contributed by atoms with Crippen molar-refractivity contribution in [3.05, 3.63) is 23.8 Å². The van der Waals surface area contributed by atoms with Gasteiger partial charge >= 0.3 is 0 Å². The Morgan fingerprint density at radius 2 is 1.89 bits per heavy atom. The van der Waals surface area contributed by atoms with E-state index in [1.54, 1.807) is 32.4 Å². The van der Waals surface area contributed by atoms with Gasteiger partial charge in [-0.25, -0.2) is 0 Å². The van der Waals surface area contributed by atoms with Gasteiger partial charge in [0.1, 0.15) is 11.5 Å². The van der Waals surface area contributed by atoms with Crippen molar-refractivity contribution in [2.75, 3.05) is 27.3 Å². The Hall–Kier alpha value is -1.55. The summed E-state index contributed by atoms with van der Waals surface area (Å²) >= 11 is 0. The first-order chi connectivity index (χ1) is 8.74. The van der Waals surface area contributed by atoms with Gasteiger partial charge in [0.25, 0.3) is 0 Å². The van der Waals surface area contributed by atoms with Crippen LogP contribution in [0.2, 0.25) is 0 Å². The molecule has 1 aromatic rings. The Bertz CT molecular complexity index is 403. The molecule has 1 aliphatic rings. The molecule has 98 valence electrons. The molecule has 1 atom stereocenters. The number of nitrogens with one attached hydrogen (secondary N) is 1. The molecule has 1 N–H and O–H groups in total. The molecule has 18 heavy (non-hydrogen) atoms. The maximum absolute atomic E-state index is 12.4. The van der Waals surface area contributed by atoms with Crippen molar-refractivity contribution in [2.24, 2.45) is 5.92 Å². The molecule has 0 saturated carbocycles. The molecule has 0 radical (unpaired) electrons. The van der Waals surface area contributed by atoms with E-state index in [4.69, 9.17) is 9.47 Å². The number of hydrogen-bond acceptors (Lipinski definition) is 4. The summed E-state index contributed by atoms with van der Waals surface area (Å²) in [6.45, 7) is 1.77. The average Bonchev–Trinajstić information content (AvgIpc) is 2.46. The zero-order valence-electron chi connectivity index (χ0n) is 10.9. The summed E-state index contributed by atoms with van der Waals surface area (Å²) in [6, 6.07) is 5.33. The van der Waals surface area contributed by atoms with Gasteiger partial charge in [0.15, 0.2) is 5.78 Å². The van der Waals surface area contributed by atoms with Crippen LogP contribution in [0.5, 0.6) is 11.5 Å². The largest absolute Gasteiger partial charge is 0.497 e. The van der Waals surface area contributed by atoms with E-state index >= 15 is 0 Å². The molecule has 2 rings (SSSR count). The van der Waals surface area contributed by atoms with Crippen molar-refractivity contribution in [1.82, 2.24) is 5.32 Å². The van der Waals surface area contributed by atoms with E-state index in [1.165, 1.54) is 0 Å². The highest BCUT2D eigenvalue weighted by molar-refractivity contribution is 5.98. The van der Waals surface area contributed by atoms with E-state index in [2.05, 4.69) is 5.32 Å². The SMILES string of the molecule is COc1cc(OC)cc(C(=O)C2CCCNC2)c1. The summed E-state index contributed by atoms with van der Waals surface area (Å²) in [6.07, 6.45) is 2.00. The number of methoxy groups -OCH3 is 2. The number of rotatable bonds is 4. The second kappa shape index (κ2) is 5.87. The minimum Gasteiger partial charge on any atom is -0.497 e. The summed E-state index contributed by atoms with van der Waals surface area (Å²) in [5, 5.41) is 3.26. The lowest BCUT2D eigenvalue weighted by molar-refractivity contribution is 0.0899. The molecule has 0 bridgehead atoms. The maximum Gasteiger partial charge on any atom is 0.167 e. The van der Waals surface area contributed by atoms with Gasteiger partial charge in [0, 0.05) is 24.1 Å². The molecule has 0 spiro atoms. The first-order valence-corrected chi connectivity index (χ1v) is 6.22. The fourth-order valence-electron chi connectivity index (χ4n) is 2.26. The van der Waals surface area contributed by atoms with Crippen molar-refractivity contribution in [2.45, 2.75) is 12.8 Å². The van der Waals surface area contributed by atoms with E-state index in [0.717, 1.165) is 25.9 Å². The number of carbonyl (C=O) groups excluding carboxylic acids is 1. The Morgan fingerprint density at radius 3 is 2.39 bits per heavy atom. The van der Waals surface area contributed by atoms with Crippen LogP contribution in [0.15, 0.2) is 18.2 Å². The second-order valence-electron chi connectivity index (χ2n) is 4.51. The molecule has 1 unspecified atom stereocenters. The molecular weight excluding hydrogens is 230 g/mol. The molecular formula is C14H19NO3. The van der Waals surface area contributed by atoms with Gasteiger partial charge in [-0.2, -0.15) is 0 Å². The highest BCUT2D eigenvalue weighted by atomic mass is 16.5. The highest BCUT2D eigenvalue weighted by Crippen LogP contribution is 2.25. The van der Waals surface area contributed by atoms with Crippen LogP contribution in [-0.2, 0) is 0 Å². The number of ether oxygens (including phenoxy) is 2. The third kappa shape index (κ3) is 2.82. The van der Waals surface area contributed by atoms with Crippen LogP contribution in [0.1, 0.15) is 23.2 Å². The lowest BCUT2D eigenvalue weighted by atomic mass is 9.91. The highest BCUT2D eigenvalue weighted by Gasteiger charge is 2.23. The van der Waals surface area contributed by atoms with Crippen molar-refractivity contribution in [3.63, 3.8) is 0 Å². The molecule has 1 aliphatic heterocycles. The van der Waals surface area contributed by atoms with Gasteiger partial charge in [-0.15, -0.1) is 0 Å². The first-order valence-electron chi connectivity index (χ1n) is 6.22. The van der Waals surface area contributed by atoms with Gasteiger partial charge in [0.2, 0.25) is 0 Å². The number of carbonyl (C=O) groups is 1. The number of piperidine rings is 1. The molecule has 1 fully saturated rings. The van der Waals surface area contributed by atoms with E-state index < -0.39 is 0 Å². The number of hydrogen-bond donors (Lipinski definition) is 1. The smallest absolute Gasteiger partial charge is 0.167 e. The van der Waals surface area contributed by atoms with Crippen LogP contribution in [0, 0.1) is 5.92 Å². The zero-order valence-corrected chi connectivity index (χ0v) is 10.9. The lowest BCUT2D eigenvalue weighted by Crippen LogP contribution is -2.34. The van der Waals surface area contributed by atoms with Crippen LogP contribution in [0.4, 0.5) is 0 Å². The van der Waals surface area contributed by atoms with Crippen LogP contribution in [-0.4, -0.2) is 33.1 Å². The topological polar surface area (TPSA) is 47.6 Å². The van der Waals surface area contributed by atoms with E-state index in [0.29, 0.717) is 17.1 Å². The fraction of sp³-hybridized carbons (Fsp3) is 0.500. The van der Waals surface area contributed by atoms with Crippen molar-refractivity contribution in [3.8, 4) is 11.5 Å². The number of ketones is 1. The van der Waals surface area contributed by atoms with Gasteiger partial charge < -0.3 is 14.8 Å². The summed E-state index contributed by atoms with van der Waals surface area (Å²) in [7, 11) is 3.18. The molecule has 4 heteroatoms. The number of benzene rings is 1. The Balaban J connectivity index is 2.22. The third-order valence-corrected chi connectivity index (χ3v) is 3.30. The molecule has 1 aromatic carbocycles. The zero-order chi connectivity index (χ0) is 13.0. The third-order valence-electron chi connectivity index (χ3n) is 3.30. The van der Waals surface area contributed by atoms with Crippen molar-refractivity contribution >= 4 is 5.78 Å². The van der Waals surface area contributed by atoms with Gasteiger partial charge in [0.05, 0.1) is 14.2 Å². The minimum atomic E-state index is 0.0653. The van der Waals surface area contributed by atoms with Gasteiger partial charge in [-0.1, -0.05) is 0 Å². The van der Waals surface area contributed by atoms with Crippen LogP contribution in [0.3, 0.4) is 0 Å². The van der Waals surface area contributed by atoms with Crippen LogP contribution in [0.25, 0.3) is 0 Å². The second-order valence-corrected chi connectivity index (χ2v) is 4.51. The van der Waals surface area contributed by atoms with Gasteiger partial charge in [-0.3, -0.25) is 4.79 Å². The summed E-state index contributed by atoms with van der Waals surface area (Å²) in [5.74, 6) is 1.54. The van der Waals surface area contributed by atoms with Crippen molar-refractivity contribution in [1.29, 1.82) is 0 Å². The molecule has 1 saturated heterocycles. The fourth-order valence-corrected chi connectivity index (χ4v) is 2.26. The quantitative estimate of drug-likeness (QED) is 0.828. The Labute approximate surface area is 107 Å². The Kier molecular flexibility index (Phi) is 4.20. The van der Waals surface area contributed by atoms with E-state index in [9.17, 15) is 4.79 Å². The predicted octanol–water partition coefficient (Wildman–Crippen LogP) is 1.89. The van der Waals surface area contributed by atoms with Gasteiger partial charge in [-0.05, 0) is 31.5 Å². The van der Waals surface area contributed by atoms with E-state index in [1.807, 2.05) is 0 Å². The minimum absolute atomic E-state index is 0.0653. The average molecular weight is 249 g/mol. The number of Topliss-reactive ketones (excluding diaryl/α,β-unsaturated/α-hetero) is 1. The summed E-state index contributed by atoms with van der Waals surface area (Å²) < 4.78 is 10.4. The lowest BCUT2D eigenvalue weighted by Gasteiger charge is -2.21. The van der Waals surface area contributed by atoms with Crippen LogP contribution >= 0.6 is 0 Å². The van der Waals surface area contributed by atoms with Crippen LogP contribution < -0.4 is 14.8 Å². The molecule has 1 heterocycles. The monoisotopic (exact) mass is 249 g/mol. The molecule has 0 aliphatic carbocycles. The van der Waals surface area contributed by atoms with E-state index in [-0.39, 0.29) is 11.7 Å². The first kappa shape index (κ1) is 12.9. The summed E-state index contributed by atoms with van der Waals surface area (Å²) in [4.78, 5) is 12.4. The molecule has 4 nitrogen and oxygen atoms in total. The Morgan fingerprint density at radius 1 is 1.22 bits per heavy atom. The predicted molar refractivity (Wildman–Crippen MR) is 69.5 cm³/mol. The standard InChI is InChI=1S/C14H19NO3/c1-17-12-6-11(7-13(8-12)18-2)14(16)10-4-3-5-15-9-10/h6-8,10,15H,3-5,9H2,1-2H3. The maximum atomic E-state index is 12.4. The molecule has 0 amide bonds.